The molecule has 3 N–H and O–H groups in total. The Morgan fingerprint density at radius 3 is 2.60 bits per heavy atom. The second-order valence-corrected chi connectivity index (χ2v) is 7.10. The molecule has 1 heterocycles. The molecule has 0 saturated carbocycles. The number of benzene rings is 2. The van der Waals surface area contributed by atoms with Crippen LogP contribution in [0.1, 0.15) is 15.9 Å². The zero-order valence-corrected chi connectivity index (χ0v) is 14.0. The minimum Gasteiger partial charge on any atom is -0.423 e. The summed E-state index contributed by atoms with van der Waals surface area (Å²) in [4.78, 5) is 22.7. The first-order chi connectivity index (χ1) is 11.8. The van der Waals surface area contributed by atoms with Gasteiger partial charge in [-0.2, -0.15) is 0 Å². The van der Waals surface area contributed by atoms with Crippen LogP contribution in [0.2, 0.25) is 0 Å². The van der Waals surface area contributed by atoms with E-state index in [4.69, 9.17) is 10.2 Å². The number of hydrogen-bond acceptors (Lipinski definition) is 5. The van der Waals surface area contributed by atoms with Crippen molar-refractivity contribution in [2.45, 2.75) is 11.8 Å². The van der Waals surface area contributed by atoms with E-state index in [2.05, 4.69) is 4.72 Å². The van der Waals surface area contributed by atoms with Gasteiger partial charge in [0, 0.05) is 11.5 Å². The van der Waals surface area contributed by atoms with Crippen LogP contribution in [-0.2, 0) is 10.0 Å². The molecule has 0 spiro atoms. The summed E-state index contributed by atoms with van der Waals surface area (Å²) < 4.78 is 32.8. The normalized spacial score (nSPS) is 11.4. The Balaban J connectivity index is 2.08. The molecule has 8 heteroatoms. The number of anilines is 1. The van der Waals surface area contributed by atoms with Gasteiger partial charge in [0.1, 0.15) is 5.58 Å². The van der Waals surface area contributed by atoms with Gasteiger partial charge in [-0.25, -0.2) is 13.2 Å². The average molecular weight is 358 g/mol. The van der Waals surface area contributed by atoms with Crippen LogP contribution in [0.5, 0.6) is 0 Å². The van der Waals surface area contributed by atoms with Crippen molar-refractivity contribution in [3.05, 3.63) is 70.1 Å². The number of para-hydroxylation sites is 1. The lowest BCUT2D eigenvalue weighted by Crippen LogP contribution is -2.19. The van der Waals surface area contributed by atoms with Gasteiger partial charge >= 0.3 is 5.63 Å². The molecule has 0 saturated heterocycles. The quantitative estimate of drug-likeness (QED) is 0.691. The molecule has 7 nitrogen and oxygen atoms in total. The molecule has 0 aliphatic carbocycles. The number of rotatable bonds is 4. The number of sulfonamides is 1. The topological polar surface area (TPSA) is 119 Å². The SMILES string of the molecule is Cc1cccc(C(N)=O)c1NS(=O)(=O)c1ccc2oc(=O)ccc2c1. The molecule has 128 valence electrons. The minimum atomic E-state index is -3.97. The van der Waals surface area contributed by atoms with Crippen LogP contribution < -0.4 is 16.1 Å². The van der Waals surface area contributed by atoms with E-state index < -0.39 is 21.6 Å². The summed E-state index contributed by atoms with van der Waals surface area (Å²) >= 11 is 0. The maximum absolute atomic E-state index is 12.7. The van der Waals surface area contributed by atoms with E-state index in [1.807, 2.05) is 0 Å². The Kier molecular flexibility index (Phi) is 4.05. The number of carbonyl (C=O) groups is 1. The highest BCUT2D eigenvalue weighted by Gasteiger charge is 2.20. The fourth-order valence-corrected chi connectivity index (χ4v) is 3.61. The van der Waals surface area contributed by atoms with Gasteiger partial charge in [-0.05, 0) is 42.8 Å². The Labute approximate surface area is 143 Å². The second kappa shape index (κ2) is 6.06. The van der Waals surface area contributed by atoms with Gasteiger partial charge in [-0.1, -0.05) is 12.1 Å². The number of primary amides is 1. The lowest BCUT2D eigenvalue weighted by Gasteiger charge is -2.13. The maximum Gasteiger partial charge on any atom is 0.336 e. The van der Waals surface area contributed by atoms with Gasteiger partial charge in [-0.3, -0.25) is 9.52 Å². The van der Waals surface area contributed by atoms with Crippen LogP contribution in [0, 0.1) is 6.92 Å². The van der Waals surface area contributed by atoms with E-state index in [0.717, 1.165) is 0 Å². The zero-order chi connectivity index (χ0) is 18.2. The highest BCUT2D eigenvalue weighted by molar-refractivity contribution is 7.92. The summed E-state index contributed by atoms with van der Waals surface area (Å²) in [5.74, 6) is -0.735. The number of carbonyl (C=O) groups excluding carboxylic acids is 1. The van der Waals surface area contributed by atoms with Crippen LogP contribution in [0.3, 0.4) is 0 Å². The zero-order valence-electron chi connectivity index (χ0n) is 13.1. The second-order valence-electron chi connectivity index (χ2n) is 5.42. The van der Waals surface area contributed by atoms with Crippen molar-refractivity contribution in [2.24, 2.45) is 5.73 Å². The lowest BCUT2D eigenvalue weighted by molar-refractivity contribution is 0.100. The fourth-order valence-electron chi connectivity index (χ4n) is 2.42. The minimum absolute atomic E-state index is 0.0347. The van der Waals surface area contributed by atoms with Gasteiger partial charge in [-0.15, -0.1) is 0 Å². The van der Waals surface area contributed by atoms with Gasteiger partial charge in [0.15, 0.2) is 0 Å². The predicted molar refractivity (Wildman–Crippen MR) is 93.0 cm³/mol. The molecule has 2 aromatic carbocycles. The van der Waals surface area contributed by atoms with Gasteiger partial charge in [0.2, 0.25) is 0 Å². The number of nitrogens with one attached hydrogen (secondary N) is 1. The van der Waals surface area contributed by atoms with Crippen LogP contribution >= 0.6 is 0 Å². The smallest absolute Gasteiger partial charge is 0.336 e. The van der Waals surface area contributed by atoms with Crippen molar-refractivity contribution in [3.8, 4) is 0 Å². The number of aryl methyl sites for hydroxylation is 1. The fraction of sp³-hybridized carbons (Fsp3) is 0.0588. The predicted octanol–water partition coefficient (Wildman–Crippen LogP) is 2.00. The van der Waals surface area contributed by atoms with Crippen molar-refractivity contribution < 1.29 is 17.6 Å². The van der Waals surface area contributed by atoms with Crippen LogP contribution in [0.4, 0.5) is 5.69 Å². The summed E-state index contributed by atoms with van der Waals surface area (Å²) in [6.07, 6.45) is 0. The Morgan fingerprint density at radius 2 is 1.88 bits per heavy atom. The molecule has 0 radical (unpaired) electrons. The van der Waals surface area contributed by atoms with E-state index >= 15 is 0 Å². The van der Waals surface area contributed by atoms with E-state index in [9.17, 15) is 18.0 Å². The van der Waals surface area contributed by atoms with E-state index in [1.54, 1.807) is 19.1 Å². The molecule has 1 amide bonds. The molecular weight excluding hydrogens is 344 g/mol. The third-order valence-corrected chi connectivity index (χ3v) is 5.02. The molecule has 0 aliphatic rings. The number of amides is 1. The van der Waals surface area contributed by atoms with Crippen LogP contribution in [0.25, 0.3) is 11.0 Å². The van der Waals surface area contributed by atoms with Crippen LogP contribution in [0.15, 0.2) is 62.6 Å². The number of hydrogen-bond donors (Lipinski definition) is 2. The molecule has 0 atom stereocenters. The molecular formula is C17H14N2O5S. The molecule has 0 aliphatic heterocycles. The van der Waals surface area contributed by atoms with E-state index in [-0.39, 0.29) is 21.7 Å². The van der Waals surface area contributed by atoms with Crippen molar-refractivity contribution in [3.63, 3.8) is 0 Å². The highest BCUT2D eigenvalue weighted by atomic mass is 32.2. The lowest BCUT2D eigenvalue weighted by atomic mass is 10.1. The van der Waals surface area contributed by atoms with Crippen molar-refractivity contribution in [1.82, 2.24) is 0 Å². The van der Waals surface area contributed by atoms with Gasteiger partial charge < -0.3 is 10.2 Å². The molecule has 0 bridgehead atoms. The Morgan fingerprint density at radius 1 is 1.12 bits per heavy atom. The summed E-state index contributed by atoms with van der Waals surface area (Å²) in [6, 6.07) is 11.5. The molecule has 3 aromatic rings. The van der Waals surface area contributed by atoms with E-state index in [0.29, 0.717) is 10.9 Å². The van der Waals surface area contributed by atoms with Crippen molar-refractivity contribution in [1.29, 1.82) is 0 Å². The summed E-state index contributed by atoms with van der Waals surface area (Å²) in [7, 11) is -3.97. The molecule has 1 aromatic heterocycles. The van der Waals surface area contributed by atoms with Crippen LogP contribution in [-0.4, -0.2) is 14.3 Å². The summed E-state index contributed by atoms with van der Waals surface area (Å²) in [5, 5.41) is 0.461. The highest BCUT2D eigenvalue weighted by Crippen LogP contribution is 2.25. The molecule has 25 heavy (non-hydrogen) atoms. The number of fused-ring (bicyclic) bond motifs is 1. The largest absolute Gasteiger partial charge is 0.423 e. The van der Waals surface area contributed by atoms with Crippen molar-refractivity contribution in [2.75, 3.05) is 4.72 Å². The summed E-state index contributed by atoms with van der Waals surface area (Å²) in [6.45, 7) is 1.67. The van der Waals surface area contributed by atoms with Gasteiger partial charge in [0.05, 0.1) is 16.1 Å². The van der Waals surface area contributed by atoms with E-state index in [1.165, 1.54) is 36.4 Å². The Hall–Kier alpha value is -3.13. The molecule has 0 unspecified atom stereocenters. The van der Waals surface area contributed by atoms with Crippen molar-refractivity contribution >= 4 is 32.6 Å². The Bertz CT molecular complexity index is 1150. The monoisotopic (exact) mass is 358 g/mol. The first-order valence-corrected chi connectivity index (χ1v) is 8.72. The third kappa shape index (κ3) is 3.24. The van der Waals surface area contributed by atoms with Gasteiger partial charge in [0.25, 0.3) is 15.9 Å². The molecule has 3 rings (SSSR count). The molecule has 0 fully saturated rings. The number of nitrogens with two attached hydrogens (primary N) is 1. The first kappa shape index (κ1) is 16.7. The average Bonchev–Trinajstić information content (AvgIpc) is 2.55. The maximum atomic E-state index is 12.7. The third-order valence-electron chi connectivity index (χ3n) is 3.68. The summed E-state index contributed by atoms with van der Waals surface area (Å²) in [5.41, 5.74) is 5.85. The first-order valence-electron chi connectivity index (χ1n) is 7.24. The standard InChI is InChI=1S/C17H14N2O5S/c1-10-3-2-4-13(17(18)21)16(10)19-25(22,23)12-6-7-14-11(9-12)5-8-15(20)24-14/h2-9,19H,1H3,(H2,18,21).